The third kappa shape index (κ3) is 4.18. The van der Waals surface area contributed by atoms with Crippen LogP contribution in [0.5, 0.6) is 0 Å². The average Bonchev–Trinajstić information content (AvgIpc) is 3.25. The van der Waals surface area contributed by atoms with Gasteiger partial charge in [-0.05, 0) is 49.3 Å². The van der Waals surface area contributed by atoms with E-state index in [0.29, 0.717) is 17.3 Å². The van der Waals surface area contributed by atoms with E-state index >= 15 is 0 Å². The molecular formula is C20H24ClN3O3. The van der Waals surface area contributed by atoms with Crippen molar-refractivity contribution >= 4 is 17.3 Å². The van der Waals surface area contributed by atoms with Gasteiger partial charge in [0.2, 0.25) is 0 Å². The van der Waals surface area contributed by atoms with Gasteiger partial charge in [-0.2, -0.15) is 9.78 Å². The van der Waals surface area contributed by atoms with Crippen molar-refractivity contribution in [3.8, 4) is 5.69 Å². The Balaban J connectivity index is 1.48. The second kappa shape index (κ2) is 8.42. The van der Waals surface area contributed by atoms with E-state index < -0.39 is 0 Å². The maximum absolute atomic E-state index is 12.7. The lowest BCUT2D eigenvalue weighted by atomic mass is 10.0. The predicted octanol–water partition coefficient (Wildman–Crippen LogP) is 3.58. The minimum atomic E-state index is -0.327. The Hall–Kier alpha value is -1.89. The molecule has 2 unspecified atom stereocenters. The van der Waals surface area contributed by atoms with Gasteiger partial charge in [0.25, 0.3) is 5.56 Å². The van der Waals surface area contributed by atoms with E-state index in [0.717, 1.165) is 57.6 Å². The van der Waals surface area contributed by atoms with E-state index in [2.05, 4.69) is 10.4 Å². The highest BCUT2D eigenvalue weighted by Gasteiger charge is 2.18. The normalized spacial score (nSPS) is 22.7. The van der Waals surface area contributed by atoms with Gasteiger partial charge in [-0.3, -0.25) is 4.79 Å². The molecule has 7 heteroatoms. The molecule has 0 saturated carbocycles. The minimum Gasteiger partial charge on any atom is -0.382 e. The molecule has 0 bridgehead atoms. The molecule has 2 aliphatic rings. The quantitative estimate of drug-likeness (QED) is 0.846. The summed E-state index contributed by atoms with van der Waals surface area (Å²) in [5.74, 6) is 0.433. The van der Waals surface area contributed by atoms with E-state index in [1.165, 1.54) is 4.68 Å². The number of anilines is 1. The summed E-state index contributed by atoms with van der Waals surface area (Å²) in [5.41, 5.74) is 2.06. The van der Waals surface area contributed by atoms with Crippen LogP contribution in [-0.2, 0) is 9.47 Å². The molecule has 2 atom stereocenters. The van der Waals surface area contributed by atoms with E-state index in [4.69, 9.17) is 21.1 Å². The van der Waals surface area contributed by atoms with Crippen molar-refractivity contribution in [2.75, 3.05) is 31.7 Å². The zero-order valence-corrected chi connectivity index (χ0v) is 16.0. The van der Waals surface area contributed by atoms with Crippen molar-refractivity contribution in [2.24, 2.45) is 5.92 Å². The number of nitrogens with one attached hydrogen (secondary N) is 1. The first-order valence-electron chi connectivity index (χ1n) is 9.54. The highest BCUT2D eigenvalue weighted by atomic mass is 35.5. The molecule has 0 spiro atoms. The standard InChI is InChI=1S/C20H24ClN3O3/c21-19-17(22-11-14-3-1-9-26-13-14)12-23-24(20(19)25)16-7-5-15(6-8-16)18-4-2-10-27-18/h5-8,12,14,18,22H,1-4,9-11,13H2. The van der Waals surface area contributed by atoms with Gasteiger partial charge in [0.1, 0.15) is 5.02 Å². The largest absolute Gasteiger partial charge is 0.382 e. The van der Waals surface area contributed by atoms with Crippen molar-refractivity contribution in [3.63, 3.8) is 0 Å². The Morgan fingerprint density at radius 3 is 2.70 bits per heavy atom. The van der Waals surface area contributed by atoms with Crippen LogP contribution >= 0.6 is 11.6 Å². The molecule has 1 aromatic heterocycles. The van der Waals surface area contributed by atoms with E-state index in [-0.39, 0.29) is 16.7 Å². The summed E-state index contributed by atoms with van der Waals surface area (Å²) >= 11 is 6.31. The molecule has 2 fully saturated rings. The van der Waals surface area contributed by atoms with Crippen LogP contribution in [0, 0.1) is 5.92 Å². The lowest BCUT2D eigenvalue weighted by Gasteiger charge is -2.22. The lowest BCUT2D eigenvalue weighted by molar-refractivity contribution is 0.0595. The summed E-state index contributed by atoms with van der Waals surface area (Å²) in [6.45, 7) is 3.11. The van der Waals surface area contributed by atoms with Crippen molar-refractivity contribution in [3.05, 3.63) is 51.4 Å². The minimum absolute atomic E-state index is 0.155. The van der Waals surface area contributed by atoms with Gasteiger partial charge in [0.05, 0.1) is 30.3 Å². The van der Waals surface area contributed by atoms with Crippen LogP contribution in [-0.4, -0.2) is 36.1 Å². The van der Waals surface area contributed by atoms with Crippen molar-refractivity contribution in [1.29, 1.82) is 0 Å². The van der Waals surface area contributed by atoms with Crippen molar-refractivity contribution in [1.82, 2.24) is 9.78 Å². The zero-order chi connectivity index (χ0) is 18.6. The van der Waals surface area contributed by atoms with Crippen LogP contribution < -0.4 is 10.9 Å². The molecule has 27 heavy (non-hydrogen) atoms. The number of benzene rings is 1. The first-order chi connectivity index (χ1) is 13.2. The van der Waals surface area contributed by atoms with E-state index in [1.807, 2.05) is 24.3 Å². The number of aromatic nitrogens is 2. The Bertz CT molecular complexity index is 825. The summed E-state index contributed by atoms with van der Waals surface area (Å²) in [6.07, 6.45) is 6.08. The predicted molar refractivity (Wildman–Crippen MR) is 105 cm³/mol. The number of rotatable bonds is 5. The van der Waals surface area contributed by atoms with Gasteiger partial charge in [-0.1, -0.05) is 23.7 Å². The highest BCUT2D eigenvalue weighted by molar-refractivity contribution is 6.32. The molecule has 0 aliphatic carbocycles. The number of ether oxygens (including phenoxy) is 2. The molecular weight excluding hydrogens is 366 g/mol. The second-order valence-corrected chi connectivity index (χ2v) is 7.52. The fourth-order valence-corrected chi connectivity index (χ4v) is 3.83. The van der Waals surface area contributed by atoms with Crippen LogP contribution in [0.2, 0.25) is 5.02 Å². The van der Waals surface area contributed by atoms with Gasteiger partial charge >= 0.3 is 0 Å². The fraction of sp³-hybridized carbons (Fsp3) is 0.500. The number of nitrogens with zero attached hydrogens (tertiary/aromatic N) is 2. The molecule has 2 aromatic rings. The zero-order valence-electron chi connectivity index (χ0n) is 15.2. The third-order valence-electron chi connectivity index (χ3n) is 5.19. The second-order valence-electron chi connectivity index (χ2n) is 7.15. The smallest absolute Gasteiger partial charge is 0.292 e. The molecule has 144 valence electrons. The highest BCUT2D eigenvalue weighted by Crippen LogP contribution is 2.28. The molecule has 0 radical (unpaired) electrons. The first-order valence-corrected chi connectivity index (χ1v) is 9.91. The number of hydrogen-bond acceptors (Lipinski definition) is 5. The van der Waals surface area contributed by atoms with Gasteiger partial charge < -0.3 is 14.8 Å². The molecule has 1 aromatic carbocycles. The summed E-state index contributed by atoms with van der Waals surface area (Å²) in [7, 11) is 0. The Kier molecular flexibility index (Phi) is 5.76. The van der Waals surface area contributed by atoms with Crippen LogP contribution in [0.4, 0.5) is 5.69 Å². The van der Waals surface area contributed by atoms with Crippen molar-refractivity contribution < 1.29 is 9.47 Å². The topological polar surface area (TPSA) is 65.4 Å². The van der Waals surface area contributed by atoms with E-state index in [1.54, 1.807) is 6.20 Å². The number of hydrogen-bond donors (Lipinski definition) is 1. The Morgan fingerprint density at radius 1 is 1.19 bits per heavy atom. The summed E-state index contributed by atoms with van der Waals surface area (Å²) < 4.78 is 12.5. The molecule has 3 heterocycles. The summed E-state index contributed by atoms with van der Waals surface area (Å²) in [4.78, 5) is 12.7. The summed E-state index contributed by atoms with van der Waals surface area (Å²) in [5, 5.41) is 7.70. The van der Waals surface area contributed by atoms with Crippen LogP contribution in [0.3, 0.4) is 0 Å². The fourth-order valence-electron chi connectivity index (χ4n) is 3.63. The summed E-state index contributed by atoms with van der Waals surface area (Å²) in [6, 6.07) is 7.74. The average molecular weight is 390 g/mol. The van der Waals surface area contributed by atoms with Crippen LogP contribution in [0.15, 0.2) is 35.3 Å². The molecule has 0 amide bonds. The van der Waals surface area contributed by atoms with Gasteiger partial charge in [-0.25, -0.2) is 0 Å². The van der Waals surface area contributed by atoms with E-state index in [9.17, 15) is 4.79 Å². The maximum atomic E-state index is 12.7. The monoisotopic (exact) mass is 389 g/mol. The molecule has 6 nitrogen and oxygen atoms in total. The molecule has 2 saturated heterocycles. The van der Waals surface area contributed by atoms with Crippen LogP contribution in [0.1, 0.15) is 37.4 Å². The number of halogens is 1. The lowest BCUT2D eigenvalue weighted by Crippen LogP contribution is -2.26. The van der Waals surface area contributed by atoms with Gasteiger partial charge in [0.15, 0.2) is 0 Å². The Morgan fingerprint density at radius 2 is 2.00 bits per heavy atom. The third-order valence-corrected chi connectivity index (χ3v) is 5.56. The molecule has 1 N–H and O–H groups in total. The maximum Gasteiger partial charge on any atom is 0.292 e. The SMILES string of the molecule is O=c1c(Cl)c(NCC2CCCOC2)cnn1-c1ccc(C2CCCO2)cc1. The molecule has 4 rings (SSSR count). The molecule has 2 aliphatic heterocycles. The Labute approximate surface area is 163 Å². The van der Waals surface area contributed by atoms with Crippen molar-refractivity contribution in [2.45, 2.75) is 31.8 Å². The van der Waals surface area contributed by atoms with Gasteiger partial charge in [-0.15, -0.1) is 0 Å². The van der Waals surface area contributed by atoms with Crippen LogP contribution in [0.25, 0.3) is 5.69 Å². The first kappa shape index (κ1) is 18.5. The van der Waals surface area contributed by atoms with Gasteiger partial charge in [0, 0.05) is 19.8 Å².